The van der Waals surface area contributed by atoms with Gasteiger partial charge in [0.15, 0.2) is 0 Å². The fourth-order valence-corrected chi connectivity index (χ4v) is 4.61. The molecule has 0 saturated heterocycles. The summed E-state index contributed by atoms with van der Waals surface area (Å²) in [4.78, 5) is 15.2. The first kappa shape index (κ1) is 24.1. The van der Waals surface area contributed by atoms with Gasteiger partial charge in [-0.2, -0.15) is 0 Å². The summed E-state index contributed by atoms with van der Waals surface area (Å²) in [5.41, 5.74) is 1.39. The first-order chi connectivity index (χ1) is 14.9. The molecule has 0 atom stereocenters. The van der Waals surface area contributed by atoms with Gasteiger partial charge in [-0.1, -0.05) is 39.8 Å². The summed E-state index contributed by atoms with van der Waals surface area (Å²) in [6.45, 7) is 12.9. The Morgan fingerprint density at radius 3 is 2.31 bits per heavy atom. The number of nitrogens with zero attached hydrogens (tertiary/aromatic N) is 1. The topological polar surface area (TPSA) is 75.7 Å². The third-order valence-corrected chi connectivity index (χ3v) is 7.10. The summed E-state index contributed by atoms with van der Waals surface area (Å²) in [6, 6.07) is 12.0. The van der Waals surface area contributed by atoms with Crippen LogP contribution in [0.1, 0.15) is 59.4 Å². The van der Waals surface area contributed by atoms with E-state index in [0.717, 1.165) is 12.0 Å². The van der Waals surface area contributed by atoms with E-state index in [9.17, 15) is 13.2 Å². The number of anilines is 2. The van der Waals surface area contributed by atoms with Crippen LogP contribution in [-0.4, -0.2) is 27.5 Å². The summed E-state index contributed by atoms with van der Waals surface area (Å²) in [6.07, 6.45) is 0.833. The zero-order chi connectivity index (χ0) is 23.7. The minimum atomic E-state index is -3.77. The first-order valence-electron chi connectivity index (χ1n) is 11.1. The molecule has 0 aliphatic carbocycles. The quantitative estimate of drug-likeness (QED) is 0.602. The van der Waals surface area contributed by atoms with E-state index >= 15 is 0 Å². The third kappa shape index (κ3) is 5.26. The number of nitrogens with one attached hydrogen (secondary N) is 1. The number of amides is 1. The number of carbonyl (C=O) groups excluding carboxylic acids is 1. The van der Waals surface area contributed by atoms with Gasteiger partial charge in [0.25, 0.3) is 10.0 Å². The number of hydrogen-bond acceptors (Lipinski definition) is 4. The van der Waals surface area contributed by atoms with Crippen LogP contribution >= 0.6 is 0 Å². The molecule has 1 aliphatic rings. The minimum Gasteiger partial charge on any atom is -0.490 e. The van der Waals surface area contributed by atoms with Crippen molar-refractivity contribution < 1.29 is 17.9 Å². The predicted molar refractivity (Wildman–Crippen MR) is 129 cm³/mol. The van der Waals surface area contributed by atoms with Gasteiger partial charge in [-0.15, -0.1) is 0 Å². The summed E-state index contributed by atoms with van der Waals surface area (Å²) in [5.74, 6) is 1.30. The zero-order valence-corrected chi connectivity index (χ0v) is 20.6. The molecule has 2 aromatic rings. The number of sulfonamides is 1. The van der Waals surface area contributed by atoms with Crippen molar-refractivity contribution in [1.29, 1.82) is 0 Å². The van der Waals surface area contributed by atoms with Crippen LogP contribution in [0.25, 0.3) is 0 Å². The lowest BCUT2D eigenvalue weighted by molar-refractivity contribution is -0.127. The van der Waals surface area contributed by atoms with E-state index in [4.69, 9.17) is 4.74 Å². The second kappa shape index (κ2) is 9.14. The Kier molecular flexibility index (Phi) is 6.89. The molecule has 1 N–H and O–H groups in total. The van der Waals surface area contributed by atoms with Crippen molar-refractivity contribution in [3.63, 3.8) is 0 Å². The zero-order valence-electron chi connectivity index (χ0n) is 19.8. The van der Waals surface area contributed by atoms with E-state index in [-0.39, 0.29) is 17.4 Å². The highest BCUT2D eigenvalue weighted by molar-refractivity contribution is 7.92. The molecule has 0 saturated carbocycles. The van der Waals surface area contributed by atoms with Crippen molar-refractivity contribution in [3.8, 4) is 5.75 Å². The van der Waals surface area contributed by atoms with Crippen molar-refractivity contribution in [2.24, 2.45) is 11.3 Å². The monoisotopic (exact) mass is 458 g/mol. The van der Waals surface area contributed by atoms with E-state index in [1.165, 1.54) is 0 Å². The molecule has 3 rings (SSSR count). The van der Waals surface area contributed by atoms with Crippen LogP contribution in [0.2, 0.25) is 0 Å². The summed E-state index contributed by atoms with van der Waals surface area (Å²) in [5, 5.41) is 0. The lowest BCUT2D eigenvalue weighted by Gasteiger charge is -2.28. The number of benzene rings is 2. The molecule has 0 bridgehead atoms. The Balaban J connectivity index is 1.93. The van der Waals surface area contributed by atoms with Crippen LogP contribution < -0.4 is 14.4 Å². The average Bonchev–Trinajstić information content (AvgIpc) is 2.81. The van der Waals surface area contributed by atoms with E-state index in [1.807, 2.05) is 26.0 Å². The standard InChI is InChI=1S/C25H34N2O4S/c1-17(2)13-14-27-22-15-20(9-12-23(22)31-16-25(5,6)24(27)28)26-32(29,30)21-10-7-19(8-11-21)18(3)4/h7-12,15,17-18,26H,13-14,16H2,1-6H3. The van der Waals surface area contributed by atoms with Gasteiger partial charge in [-0.05, 0) is 68.0 Å². The number of ether oxygens (including phenoxy) is 1. The lowest BCUT2D eigenvalue weighted by atomic mass is 9.92. The van der Waals surface area contributed by atoms with E-state index in [1.54, 1.807) is 35.2 Å². The van der Waals surface area contributed by atoms with Crippen LogP contribution in [-0.2, 0) is 14.8 Å². The van der Waals surface area contributed by atoms with Crippen LogP contribution in [0.3, 0.4) is 0 Å². The molecule has 2 aromatic carbocycles. The van der Waals surface area contributed by atoms with E-state index in [0.29, 0.717) is 35.5 Å². The predicted octanol–water partition coefficient (Wildman–Crippen LogP) is 5.41. The Bertz CT molecular complexity index is 1070. The lowest BCUT2D eigenvalue weighted by Crippen LogP contribution is -2.42. The molecular weight excluding hydrogens is 424 g/mol. The van der Waals surface area contributed by atoms with Gasteiger partial charge in [0.1, 0.15) is 12.4 Å². The van der Waals surface area contributed by atoms with Crippen molar-refractivity contribution in [3.05, 3.63) is 48.0 Å². The van der Waals surface area contributed by atoms with Gasteiger partial charge in [0, 0.05) is 6.54 Å². The highest BCUT2D eigenvalue weighted by Gasteiger charge is 2.37. The van der Waals surface area contributed by atoms with Gasteiger partial charge in [-0.3, -0.25) is 9.52 Å². The largest absolute Gasteiger partial charge is 0.490 e. The van der Waals surface area contributed by atoms with E-state index < -0.39 is 15.4 Å². The fourth-order valence-electron chi connectivity index (χ4n) is 3.56. The van der Waals surface area contributed by atoms with Crippen LogP contribution in [0.4, 0.5) is 11.4 Å². The normalized spacial score (nSPS) is 16.0. The van der Waals surface area contributed by atoms with Crippen LogP contribution in [0, 0.1) is 11.3 Å². The summed E-state index contributed by atoms with van der Waals surface area (Å²) < 4.78 is 34.5. The second-order valence-electron chi connectivity index (χ2n) is 9.82. The number of rotatable bonds is 7. The first-order valence-corrected chi connectivity index (χ1v) is 12.6. The van der Waals surface area contributed by atoms with Crippen molar-refractivity contribution in [2.75, 3.05) is 22.8 Å². The molecule has 7 heteroatoms. The molecule has 0 aromatic heterocycles. The second-order valence-corrected chi connectivity index (χ2v) is 11.5. The Hall–Kier alpha value is -2.54. The van der Waals surface area contributed by atoms with E-state index in [2.05, 4.69) is 32.4 Å². The third-order valence-electron chi connectivity index (χ3n) is 5.70. The van der Waals surface area contributed by atoms with Gasteiger partial charge < -0.3 is 9.64 Å². The highest BCUT2D eigenvalue weighted by Crippen LogP contribution is 2.39. The molecule has 1 amide bonds. The van der Waals surface area contributed by atoms with Gasteiger partial charge >= 0.3 is 0 Å². The SMILES string of the molecule is CC(C)CCN1C(=O)C(C)(C)COc2ccc(NS(=O)(=O)c3ccc(C(C)C)cc3)cc21. The average molecular weight is 459 g/mol. The smallest absolute Gasteiger partial charge is 0.261 e. The Morgan fingerprint density at radius 2 is 1.72 bits per heavy atom. The molecular formula is C25H34N2O4S. The number of fused-ring (bicyclic) bond motifs is 1. The van der Waals surface area contributed by atoms with Crippen molar-refractivity contribution in [2.45, 2.75) is 58.8 Å². The molecule has 0 spiro atoms. The minimum absolute atomic E-state index is 0.0267. The maximum absolute atomic E-state index is 13.3. The maximum Gasteiger partial charge on any atom is 0.261 e. The fraction of sp³-hybridized carbons (Fsp3) is 0.480. The molecule has 32 heavy (non-hydrogen) atoms. The van der Waals surface area contributed by atoms with Crippen LogP contribution in [0.15, 0.2) is 47.4 Å². The van der Waals surface area contributed by atoms with Crippen molar-refractivity contribution >= 4 is 27.3 Å². The van der Waals surface area contributed by atoms with Crippen molar-refractivity contribution in [1.82, 2.24) is 0 Å². The molecule has 6 nitrogen and oxygen atoms in total. The molecule has 0 radical (unpaired) electrons. The molecule has 174 valence electrons. The summed E-state index contributed by atoms with van der Waals surface area (Å²) >= 11 is 0. The highest BCUT2D eigenvalue weighted by atomic mass is 32.2. The maximum atomic E-state index is 13.3. The molecule has 1 heterocycles. The van der Waals surface area contributed by atoms with Crippen LogP contribution in [0.5, 0.6) is 5.75 Å². The Morgan fingerprint density at radius 1 is 1.06 bits per heavy atom. The number of carbonyl (C=O) groups is 1. The number of hydrogen-bond donors (Lipinski definition) is 1. The molecule has 0 fully saturated rings. The molecule has 1 aliphatic heterocycles. The van der Waals surface area contributed by atoms with Gasteiger partial charge in [-0.25, -0.2) is 8.42 Å². The Labute approximate surface area is 192 Å². The molecule has 0 unspecified atom stereocenters. The van der Waals surface area contributed by atoms with Gasteiger partial charge in [0.05, 0.1) is 21.7 Å². The summed E-state index contributed by atoms with van der Waals surface area (Å²) in [7, 11) is -3.77. The van der Waals surface area contributed by atoms with Gasteiger partial charge in [0.2, 0.25) is 5.91 Å².